The molecule has 2 aromatic carbocycles. The van der Waals surface area contributed by atoms with Crippen LogP contribution in [0, 0.1) is 10.1 Å². The Morgan fingerprint density at radius 2 is 1.79 bits per heavy atom. The number of hydrogen-bond acceptors (Lipinski definition) is 4. The molecule has 98 valence electrons. The largest absolute Gasteiger partial charge is 0.457 e. The van der Waals surface area contributed by atoms with E-state index in [1.165, 1.54) is 24.3 Å². The van der Waals surface area contributed by atoms with Crippen LogP contribution in [0.5, 0.6) is 11.5 Å². The standard InChI is InChI=1S/C13H10BrNO4/c14-13-7-12(4-1-9(13)8-16)19-11-5-2-10(3-6-11)15(17)18/h1-7,16H,8H2. The number of nitro groups is 1. The molecule has 2 aromatic rings. The van der Waals surface area contributed by atoms with Gasteiger partial charge in [-0.2, -0.15) is 0 Å². The second kappa shape index (κ2) is 5.81. The smallest absolute Gasteiger partial charge is 0.269 e. The van der Waals surface area contributed by atoms with Gasteiger partial charge in [-0.3, -0.25) is 10.1 Å². The van der Waals surface area contributed by atoms with Crippen LogP contribution in [0.4, 0.5) is 5.69 Å². The molecule has 0 aliphatic carbocycles. The zero-order valence-corrected chi connectivity index (χ0v) is 11.3. The molecule has 0 saturated carbocycles. The summed E-state index contributed by atoms with van der Waals surface area (Å²) < 4.78 is 6.30. The van der Waals surface area contributed by atoms with Crippen LogP contribution in [0.1, 0.15) is 5.56 Å². The lowest BCUT2D eigenvalue weighted by atomic mass is 10.2. The number of nitrogens with zero attached hydrogens (tertiary/aromatic N) is 1. The van der Waals surface area contributed by atoms with Crippen LogP contribution in [-0.2, 0) is 6.61 Å². The third-order valence-corrected chi connectivity index (χ3v) is 3.22. The zero-order valence-electron chi connectivity index (χ0n) is 9.75. The highest BCUT2D eigenvalue weighted by atomic mass is 79.9. The first-order chi connectivity index (χ1) is 9.10. The molecule has 0 aliphatic heterocycles. The average Bonchev–Trinajstić information content (AvgIpc) is 2.39. The Balaban J connectivity index is 2.16. The number of rotatable bonds is 4. The third-order valence-electron chi connectivity index (χ3n) is 2.48. The van der Waals surface area contributed by atoms with Gasteiger partial charge < -0.3 is 9.84 Å². The summed E-state index contributed by atoms with van der Waals surface area (Å²) in [5, 5.41) is 19.6. The van der Waals surface area contributed by atoms with E-state index in [-0.39, 0.29) is 12.3 Å². The Morgan fingerprint density at radius 1 is 1.16 bits per heavy atom. The fraction of sp³-hybridized carbons (Fsp3) is 0.0769. The molecule has 0 fully saturated rings. The van der Waals surface area contributed by atoms with Crippen molar-refractivity contribution in [2.24, 2.45) is 0 Å². The van der Waals surface area contributed by atoms with Crippen molar-refractivity contribution in [3.8, 4) is 11.5 Å². The first-order valence-corrected chi connectivity index (χ1v) is 6.21. The lowest BCUT2D eigenvalue weighted by Crippen LogP contribution is -1.90. The molecule has 0 aromatic heterocycles. The van der Waals surface area contributed by atoms with E-state index in [0.717, 1.165) is 10.0 Å². The van der Waals surface area contributed by atoms with Crippen LogP contribution in [0.3, 0.4) is 0 Å². The molecule has 19 heavy (non-hydrogen) atoms. The molecule has 0 aliphatic rings. The maximum Gasteiger partial charge on any atom is 0.269 e. The van der Waals surface area contributed by atoms with Crippen molar-refractivity contribution in [1.29, 1.82) is 0 Å². The molecule has 0 radical (unpaired) electrons. The molecule has 0 amide bonds. The molecular weight excluding hydrogens is 314 g/mol. The summed E-state index contributed by atoms with van der Waals surface area (Å²) >= 11 is 3.32. The molecule has 0 atom stereocenters. The minimum absolute atomic E-state index is 0.0177. The average molecular weight is 324 g/mol. The van der Waals surface area contributed by atoms with Crippen molar-refractivity contribution in [1.82, 2.24) is 0 Å². The van der Waals surface area contributed by atoms with Crippen molar-refractivity contribution in [2.75, 3.05) is 0 Å². The minimum atomic E-state index is -0.462. The van der Waals surface area contributed by atoms with E-state index in [0.29, 0.717) is 11.5 Å². The number of hydrogen-bond donors (Lipinski definition) is 1. The second-order valence-corrected chi connectivity index (χ2v) is 4.62. The van der Waals surface area contributed by atoms with Gasteiger partial charge in [-0.25, -0.2) is 0 Å². The maximum absolute atomic E-state index is 10.5. The molecule has 0 unspecified atom stereocenters. The molecule has 6 heteroatoms. The first kappa shape index (κ1) is 13.5. The van der Waals surface area contributed by atoms with Crippen LogP contribution in [0.15, 0.2) is 46.9 Å². The van der Waals surface area contributed by atoms with Crippen LogP contribution in [-0.4, -0.2) is 10.0 Å². The Hall–Kier alpha value is -1.92. The highest BCUT2D eigenvalue weighted by molar-refractivity contribution is 9.10. The quantitative estimate of drug-likeness (QED) is 0.688. The van der Waals surface area contributed by atoms with Crippen LogP contribution >= 0.6 is 15.9 Å². The lowest BCUT2D eigenvalue weighted by Gasteiger charge is -2.07. The Kier molecular flexibility index (Phi) is 4.13. The monoisotopic (exact) mass is 323 g/mol. The normalized spacial score (nSPS) is 10.2. The second-order valence-electron chi connectivity index (χ2n) is 3.76. The van der Waals surface area contributed by atoms with E-state index in [2.05, 4.69) is 15.9 Å². The number of halogens is 1. The highest BCUT2D eigenvalue weighted by Gasteiger charge is 2.06. The lowest BCUT2D eigenvalue weighted by molar-refractivity contribution is -0.384. The number of benzene rings is 2. The van der Waals surface area contributed by atoms with E-state index in [1.54, 1.807) is 18.2 Å². The number of ether oxygens (including phenoxy) is 1. The molecule has 0 spiro atoms. The van der Waals surface area contributed by atoms with E-state index in [1.807, 2.05) is 0 Å². The third kappa shape index (κ3) is 3.30. The molecule has 1 N–H and O–H groups in total. The van der Waals surface area contributed by atoms with Crippen molar-refractivity contribution in [3.05, 3.63) is 62.6 Å². The Bertz CT molecular complexity index is 598. The number of aliphatic hydroxyl groups excluding tert-OH is 1. The van der Waals surface area contributed by atoms with Crippen molar-refractivity contribution < 1.29 is 14.8 Å². The minimum Gasteiger partial charge on any atom is -0.457 e. The molecule has 2 rings (SSSR count). The van der Waals surface area contributed by atoms with Crippen LogP contribution in [0.25, 0.3) is 0 Å². The first-order valence-electron chi connectivity index (χ1n) is 5.42. The van der Waals surface area contributed by atoms with E-state index in [4.69, 9.17) is 9.84 Å². The van der Waals surface area contributed by atoms with Gasteiger partial charge in [0, 0.05) is 16.6 Å². The van der Waals surface area contributed by atoms with Crippen LogP contribution in [0.2, 0.25) is 0 Å². The number of nitro benzene ring substituents is 1. The highest BCUT2D eigenvalue weighted by Crippen LogP contribution is 2.28. The van der Waals surface area contributed by atoms with Gasteiger partial charge in [-0.1, -0.05) is 22.0 Å². The Morgan fingerprint density at radius 3 is 2.32 bits per heavy atom. The summed E-state index contributed by atoms with van der Waals surface area (Å²) in [4.78, 5) is 10.1. The van der Waals surface area contributed by atoms with Gasteiger partial charge in [0.2, 0.25) is 0 Å². The predicted molar refractivity (Wildman–Crippen MR) is 73.2 cm³/mol. The number of aliphatic hydroxyl groups is 1. The van der Waals surface area contributed by atoms with Gasteiger partial charge in [-0.15, -0.1) is 0 Å². The summed E-state index contributed by atoms with van der Waals surface area (Å²) in [5.74, 6) is 1.09. The van der Waals surface area contributed by atoms with E-state index >= 15 is 0 Å². The maximum atomic E-state index is 10.5. The van der Waals surface area contributed by atoms with E-state index < -0.39 is 4.92 Å². The van der Waals surface area contributed by atoms with Gasteiger partial charge >= 0.3 is 0 Å². The van der Waals surface area contributed by atoms with Crippen molar-refractivity contribution >= 4 is 21.6 Å². The van der Waals surface area contributed by atoms with E-state index in [9.17, 15) is 10.1 Å². The summed E-state index contributed by atoms with van der Waals surface area (Å²) in [6, 6.07) is 11.0. The summed E-state index contributed by atoms with van der Waals surface area (Å²) in [5.41, 5.74) is 0.778. The van der Waals surface area contributed by atoms with Crippen LogP contribution < -0.4 is 4.74 Å². The predicted octanol–water partition coefficient (Wildman–Crippen LogP) is 3.64. The summed E-state index contributed by atoms with van der Waals surface area (Å²) in [6.07, 6.45) is 0. The van der Waals surface area contributed by atoms with Gasteiger partial charge in [0.1, 0.15) is 11.5 Å². The SMILES string of the molecule is O=[N+]([O-])c1ccc(Oc2ccc(CO)c(Br)c2)cc1. The molecule has 0 bridgehead atoms. The topological polar surface area (TPSA) is 72.6 Å². The fourth-order valence-electron chi connectivity index (χ4n) is 1.49. The van der Waals surface area contributed by atoms with Gasteiger partial charge in [0.05, 0.1) is 11.5 Å². The molecule has 0 saturated heterocycles. The fourth-order valence-corrected chi connectivity index (χ4v) is 1.97. The van der Waals surface area contributed by atoms with Gasteiger partial charge in [0.15, 0.2) is 0 Å². The van der Waals surface area contributed by atoms with Crippen molar-refractivity contribution in [2.45, 2.75) is 6.61 Å². The number of non-ortho nitro benzene ring substituents is 1. The Labute approximate surface area is 117 Å². The molecule has 0 heterocycles. The van der Waals surface area contributed by atoms with Gasteiger partial charge in [0.25, 0.3) is 5.69 Å². The summed E-state index contributed by atoms with van der Waals surface area (Å²) in [7, 11) is 0. The zero-order chi connectivity index (χ0) is 13.8. The molecule has 5 nitrogen and oxygen atoms in total. The molecular formula is C13H10BrNO4. The summed E-state index contributed by atoms with van der Waals surface area (Å²) in [6.45, 7) is -0.0571. The van der Waals surface area contributed by atoms with Crippen molar-refractivity contribution in [3.63, 3.8) is 0 Å². The van der Waals surface area contributed by atoms with Gasteiger partial charge in [-0.05, 0) is 29.8 Å².